The minimum Gasteiger partial charge on any atom is -1.00 e. The summed E-state index contributed by atoms with van der Waals surface area (Å²) in [6.45, 7) is 0. The fourth-order valence-electron chi connectivity index (χ4n) is 0.140. The van der Waals surface area contributed by atoms with Crippen LogP contribution in [0.3, 0.4) is 0 Å². The van der Waals surface area contributed by atoms with Gasteiger partial charge in [0.05, 0.1) is 10.8 Å². The molecule has 0 fully saturated rings. The molecule has 6 nitrogen and oxygen atoms in total. The van der Waals surface area contributed by atoms with Crippen molar-refractivity contribution < 1.29 is 56.9 Å². The summed E-state index contributed by atoms with van der Waals surface area (Å²) in [5.74, 6) is 0. The first-order chi connectivity index (χ1) is 4.21. The largest absolute Gasteiger partial charge is 1.00 e. The van der Waals surface area contributed by atoms with E-state index in [1.807, 2.05) is 0 Å². The van der Waals surface area contributed by atoms with E-state index in [1.165, 1.54) is 0 Å². The van der Waals surface area contributed by atoms with Gasteiger partial charge in [-0.2, -0.15) is 16.8 Å². The van der Waals surface area contributed by atoms with E-state index in [2.05, 4.69) is 0 Å². The number of rotatable bonds is 2. The van der Waals surface area contributed by atoms with E-state index in [-0.39, 0.29) is 41.8 Å². The van der Waals surface area contributed by atoms with Crippen molar-refractivity contribution in [1.29, 1.82) is 0 Å². The Hall–Kier alpha value is 0.560. The first kappa shape index (κ1) is 14.1. The second-order valence-electron chi connectivity index (χ2n) is 1.30. The molecule has 2 N–H and O–H groups in total. The third kappa shape index (κ3) is 13.5. The molecule has 0 spiro atoms. The van der Waals surface area contributed by atoms with Gasteiger partial charge in [0, 0.05) is 0 Å². The summed E-state index contributed by atoms with van der Waals surface area (Å²) < 4.78 is 54.9. The van der Waals surface area contributed by atoms with Gasteiger partial charge in [-0.15, -0.1) is 0 Å². The zero-order valence-corrected chi connectivity index (χ0v) is 9.13. The Kier molecular flexibility index (Phi) is 5.84. The molecule has 0 heterocycles. The van der Waals surface area contributed by atoms with E-state index in [4.69, 9.17) is 9.11 Å². The van der Waals surface area contributed by atoms with Crippen molar-refractivity contribution in [2.24, 2.45) is 0 Å². The van der Waals surface area contributed by atoms with Crippen LogP contribution >= 0.6 is 0 Å². The summed E-state index contributed by atoms with van der Waals surface area (Å²) in [5, 5.41) is -0.0787. The number of hydrogen-bond donors (Lipinski definition) is 2. The molecule has 0 saturated carbocycles. The van der Waals surface area contributed by atoms with Crippen molar-refractivity contribution in [2.75, 3.05) is 0 Å². The topological polar surface area (TPSA) is 109 Å². The molecule has 0 aliphatic rings. The standard InChI is InChI=1S/C2H4O6S2.Na.H/c3-9(4,5)1-2-10(6,7)8;;/h1-2H,(H,3,4,5)(H,6,7,8);;/q;+1;-1. The fourth-order valence-corrected chi connectivity index (χ4v) is 1.26. The number of hydrogen-bond acceptors (Lipinski definition) is 4. The second-order valence-corrected chi connectivity index (χ2v) is 3.91. The molecule has 9 heteroatoms. The molecule has 0 amide bonds. The maximum absolute atomic E-state index is 9.77. The maximum Gasteiger partial charge on any atom is 1.00 e. The summed E-state index contributed by atoms with van der Waals surface area (Å²) in [7, 11) is -8.95. The quantitative estimate of drug-likeness (QED) is 0.361. The first-order valence-corrected chi connectivity index (χ1v) is 4.84. The van der Waals surface area contributed by atoms with Gasteiger partial charge in [-0.1, -0.05) is 0 Å². The SMILES string of the molecule is O=S(=O)(O)C=CS(=O)(=O)O.[H-].[Na+]. The fraction of sp³-hybridized carbons (Fsp3) is 0. The van der Waals surface area contributed by atoms with Crippen molar-refractivity contribution in [3.05, 3.63) is 10.8 Å². The van der Waals surface area contributed by atoms with Gasteiger partial charge in [0.1, 0.15) is 0 Å². The van der Waals surface area contributed by atoms with Gasteiger partial charge < -0.3 is 1.43 Å². The summed E-state index contributed by atoms with van der Waals surface area (Å²) in [6.07, 6.45) is 0. The van der Waals surface area contributed by atoms with Gasteiger partial charge >= 0.3 is 29.6 Å². The molecule has 0 saturated heterocycles. The van der Waals surface area contributed by atoms with Crippen LogP contribution < -0.4 is 29.6 Å². The van der Waals surface area contributed by atoms with Crippen LogP contribution in [0, 0.1) is 0 Å². The van der Waals surface area contributed by atoms with Crippen LogP contribution in [0.2, 0.25) is 0 Å². The molecular weight excluding hydrogens is 207 g/mol. The summed E-state index contributed by atoms with van der Waals surface area (Å²) >= 11 is 0. The third-order valence-electron chi connectivity index (χ3n) is 0.399. The molecule has 0 atom stereocenters. The van der Waals surface area contributed by atoms with Crippen LogP contribution in [0.5, 0.6) is 0 Å². The Labute approximate surface area is 87.6 Å². The molecule has 0 unspecified atom stereocenters. The average molecular weight is 212 g/mol. The minimum atomic E-state index is -4.48. The molecule has 0 radical (unpaired) electrons. The Balaban J connectivity index is -0.000000405. The second kappa shape index (κ2) is 4.55. The van der Waals surface area contributed by atoms with Crippen LogP contribution in [0.25, 0.3) is 0 Å². The Morgan fingerprint density at radius 1 is 0.909 bits per heavy atom. The zero-order valence-electron chi connectivity index (χ0n) is 6.50. The van der Waals surface area contributed by atoms with Crippen molar-refractivity contribution in [2.45, 2.75) is 0 Å². The molecule has 0 aliphatic heterocycles. The van der Waals surface area contributed by atoms with Gasteiger partial charge in [0.15, 0.2) is 0 Å². The van der Waals surface area contributed by atoms with Crippen LogP contribution in [0.4, 0.5) is 0 Å². The van der Waals surface area contributed by atoms with E-state index >= 15 is 0 Å². The Bertz CT molecular complexity index is 293. The predicted molar refractivity (Wildman–Crippen MR) is 33.3 cm³/mol. The first-order valence-electron chi connectivity index (χ1n) is 1.84. The van der Waals surface area contributed by atoms with Gasteiger partial charge in [-0.3, -0.25) is 9.11 Å². The molecule has 0 bridgehead atoms. The normalized spacial score (nSPS) is 12.9. The average Bonchev–Trinajstić information content (AvgIpc) is 1.57. The van der Waals surface area contributed by atoms with Gasteiger partial charge in [-0.25, -0.2) is 0 Å². The Morgan fingerprint density at radius 3 is 1.18 bits per heavy atom. The van der Waals surface area contributed by atoms with Gasteiger partial charge in [0.25, 0.3) is 20.2 Å². The van der Waals surface area contributed by atoms with Crippen LogP contribution in [0.1, 0.15) is 1.43 Å². The van der Waals surface area contributed by atoms with E-state index in [0.717, 1.165) is 0 Å². The zero-order chi connectivity index (χ0) is 8.41. The Morgan fingerprint density at radius 2 is 1.09 bits per heavy atom. The van der Waals surface area contributed by atoms with E-state index in [0.29, 0.717) is 0 Å². The minimum absolute atomic E-state index is 0. The van der Waals surface area contributed by atoms with Crippen molar-refractivity contribution >= 4 is 20.2 Å². The third-order valence-corrected chi connectivity index (χ3v) is 1.53. The molecule has 0 aromatic heterocycles. The predicted octanol–water partition coefficient (Wildman–Crippen LogP) is -3.65. The van der Waals surface area contributed by atoms with Crippen molar-refractivity contribution in [3.63, 3.8) is 0 Å². The summed E-state index contributed by atoms with van der Waals surface area (Å²) in [5.41, 5.74) is 0. The van der Waals surface area contributed by atoms with E-state index in [1.54, 1.807) is 0 Å². The molecule has 0 aliphatic carbocycles. The van der Waals surface area contributed by atoms with Crippen LogP contribution in [-0.2, 0) is 20.2 Å². The summed E-state index contributed by atoms with van der Waals surface area (Å²) in [4.78, 5) is 0. The summed E-state index contributed by atoms with van der Waals surface area (Å²) in [6, 6.07) is 0. The van der Waals surface area contributed by atoms with Crippen molar-refractivity contribution in [3.8, 4) is 0 Å². The molecule has 11 heavy (non-hydrogen) atoms. The van der Waals surface area contributed by atoms with Crippen molar-refractivity contribution in [1.82, 2.24) is 0 Å². The molecular formula is C2H5NaO6S2. The van der Waals surface area contributed by atoms with Crippen LogP contribution in [-0.4, -0.2) is 25.9 Å². The van der Waals surface area contributed by atoms with Gasteiger partial charge in [-0.05, 0) is 0 Å². The molecule has 0 aromatic rings. The van der Waals surface area contributed by atoms with E-state index in [9.17, 15) is 16.8 Å². The maximum atomic E-state index is 9.77. The molecule has 0 rings (SSSR count). The molecule has 62 valence electrons. The monoisotopic (exact) mass is 212 g/mol. The van der Waals surface area contributed by atoms with E-state index < -0.39 is 20.2 Å². The van der Waals surface area contributed by atoms with Gasteiger partial charge in [0.2, 0.25) is 0 Å². The smallest absolute Gasteiger partial charge is 1.00 e. The van der Waals surface area contributed by atoms with Crippen LogP contribution in [0.15, 0.2) is 10.8 Å². The molecule has 0 aromatic carbocycles.